The third kappa shape index (κ3) is 5.28. The summed E-state index contributed by atoms with van der Waals surface area (Å²) in [6.07, 6.45) is 0.321. The minimum Gasteiger partial charge on any atom is -0.497 e. The Morgan fingerprint density at radius 3 is 2.35 bits per heavy atom. The molecule has 2 N–H and O–H groups in total. The van der Waals surface area contributed by atoms with Gasteiger partial charge in [-0.25, -0.2) is 17.9 Å². The maximum Gasteiger partial charge on any atom is 0.329 e. The highest BCUT2D eigenvalue weighted by Crippen LogP contribution is 2.53. The van der Waals surface area contributed by atoms with E-state index in [4.69, 9.17) is 16.3 Å². The van der Waals surface area contributed by atoms with E-state index in [0.717, 1.165) is 5.56 Å². The van der Waals surface area contributed by atoms with E-state index in [1.165, 1.54) is 6.07 Å². The quantitative estimate of drug-likeness (QED) is 0.433. The molecule has 0 aromatic heterocycles. The van der Waals surface area contributed by atoms with Gasteiger partial charge in [-0.15, -0.1) is 0 Å². The zero-order chi connectivity index (χ0) is 26.8. The summed E-state index contributed by atoms with van der Waals surface area (Å²) in [5.41, 5.74) is 0.730. The van der Waals surface area contributed by atoms with Crippen LogP contribution in [-0.2, 0) is 14.8 Å². The Morgan fingerprint density at radius 2 is 1.73 bits per heavy atom. The number of sulfonamides is 1. The molecule has 0 radical (unpaired) electrons. The second-order valence-electron chi connectivity index (χ2n) is 8.83. The summed E-state index contributed by atoms with van der Waals surface area (Å²) >= 11 is 6.19. The number of urea groups is 1. The van der Waals surface area contributed by atoms with Crippen molar-refractivity contribution in [3.8, 4) is 5.75 Å². The number of aryl methyl sites for hydroxylation is 1. The number of carbonyl (C=O) groups excluding carboxylic acids is 2. The van der Waals surface area contributed by atoms with Gasteiger partial charge in [0.1, 0.15) is 16.2 Å². The van der Waals surface area contributed by atoms with Crippen LogP contribution in [0.15, 0.2) is 77.7 Å². The number of anilines is 1. The summed E-state index contributed by atoms with van der Waals surface area (Å²) in [5, 5.41) is 2.72. The second-order valence-corrected chi connectivity index (χ2v) is 10.9. The van der Waals surface area contributed by atoms with Gasteiger partial charge in [-0.05, 0) is 61.7 Å². The molecular formula is C27H28ClN3O5S. The van der Waals surface area contributed by atoms with Gasteiger partial charge in [-0.2, -0.15) is 0 Å². The number of carbonyl (C=O) groups is 2. The van der Waals surface area contributed by atoms with E-state index in [1.54, 1.807) is 55.3 Å². The van der Waals surface area contributed by atoms with Crippen LogP contribution in [0, 0.1) is 6.92 Å². The highest BCUT2D eigenvalue weighted by atomic mass is 35.5. The molecule has 0 aliphatic heterocycles. The largest absolute Gasteiger partial charge is 0.497 e. The van der Waals surface area contributed by atoms with Crippen molar-refractivity contribution in [1.29, 1.82) is 0 Å². The molecule has 2 atom stereocenters. The van der Waals surface area contributed by atoms with Crippen LogP contribution in [0.3, 0.4) is 0 Å². The van der Waals surface area contributed by atoms with Crippen LogP contribution < -0.4 is 19.7 Å². The molecule has 1 aliphatic carbocycles. The number of rotatable bonds is 8. The lowest BCUT2D eigenvalue weighted by Gasteiger charge is -2.28. The maximum absolute atomic E-state index is 13.9. The van der Waals surface area contributed by atoms with Crippen molar-refractivity contribution < 1.29 is 22.7 Å². The monoisotopic (exact) mass is 541 g/mol. The van der Waals surface area contributed by atoms with Crippen LogP contribution in [0.4, 0.5) is 10.5 Å². The summed E-state index contributed by atoms with van der Waals surface area (Å²) in [6.45, 7) is 3.84. The molecule has 0 saturated heterocycles. The first kappa shape index (κ1) is 26.5. The van der Waals surface area contributed by atoms with Crippen LogP contribution in [0.5, 0.6) is 5.75 Å². The van der Waals surface area contributed by atoms with Gasteiger partial charge in [0, 0.05) is 18.2 Å². The first-order valence-electron chi connectivity index (χ1n) is 11.7. The van der Waals surface area contributed by atoms with Gasteiger partial charge in [-0.1, -0.05) is 54.1 Å². The average Bonchev–Trinajstić information content (AvgIpc) is 3.61. The average molecular weight is 542 g/mol. The van der Waals surface area contributed by atoms with Gasteiger partial charge in [0.2, 0.25) is 0 Å². The Bertz CT molecular complexity index is 1410. The second kappa shape index (κ2) is 10.4. The van der Waals surface area contributed by atoms with Gasteiger partial charge in [-0.3, -0.25) is 4.79 Å². The van der Waals surface area contributed by atoms with Gasteiger partial charge >= 0.3 is 6.03 Å². The van der Waals surface area contributed by atoms with Crippen LogP contribution >= 0.6 is 11.6 Å². The van der Waals surface area contributed by atoms with Gasteiger partial charge in [0.25, 0.3) is 15.9 Å². The molecule has 1 fully saturated rings. The molecule has 3 amide bonds. The Morgan fingerprint density at radius 1 is 1.05 bits per heavy atom. The highest BCUT2D eigenvalue weighted by molar-refractivity contribution is 7.90. The van der Waals surface area contributed by atoms with Crippen LogP contribution in [0.2, 0.25) is 5.02 Å². The first-order chi connectivity index (χ1) is 17.6. The van der Waals surface area contributed by atoms with Gasteiger partial charge in [0.05, 0.1) is 12.1 Å². The van der Waals surface area contributed by atoms with Crippen molar-refractivity contribution in [3.05, 3.63) is 88.9 Å². The van der Waals surface area contributed by atoms with Crippen molar-refractivity contribution in [1.82, 2.24) is 10.0 Å². The fourth-order valence-corrected chi connectivity index (χ4v) is 5.95. The number of halogens is 1. The normalized spacial score (nSPS) is 18.5. The molecule has 0 bridgehead atoms. The molecule has 194 valence electrons. The molecular weight excluding hydrogens is 514 g/mol. The number of nitrogens with one attached hydrogen (secondary N) is 2. The number of hydrogen-bond acceptors (Lipinski definition) is 5. The smallest absolute Gasteiger partial charge is 0.329 e. The summed E-state index contributed by atoms with van der Waals surface area (Å²) in [4.78, 5) is 28.4. The molecule has 1 unspecified atom stereocenters. The van der Waals surface area contributed by atoms with Crippen molar-refractivity contribution in [3.63, 3.8) is 0 Å². The van der Waals surface area contributed by atoms with Crippen molar-refractivity contribution in [2.24, 2.45) is 0 Å². The number of ether oxygens (including phenoxy) is 1. The van der Waals surface area contributed by atoms with E-state index in [9.17, 15) is 18.0 Å². The van der Waals surface area contributed by atoms with E-state index in [2.05, 4.69) is 5.32 Å². The first-order valence-corrected chi connectivity index (χ1v) is 13.6. The standard InChI is InChI=1S/C27H28ClN3O5S/c1-4-31(20-13-15-21(36-3)16-14-20)25(32)27(17-22(27)19-10-6-5-7-11-19)29-26(33)30-37(34,35)23-12-8-9-18(2)24(23)28/h5-16,22H,4,17H2,1-3H3,(H2,29,30,33)/t22?,27-/m0/s1. The molecule has 0 spiro atoms. The maximum atomic E-state index is 13.9. The number of likely N-dealkylation sites (N-methyl/N-ethyl adjacent to an activating group) is 1. The van der Waals surface area contributed by atoms with E-state index in [-0.39, 0.29) is 21.7 Å². The van der Waals surface area contributed by atoms with E-state index >= 15 is 0 Å². The SMILES string of the molecule is CCN(C(=O)[C@]1(NC(=O)NS(=O)(=O)c2cccc(C)c2Cl)CC1c1ccccc1)c1ccc(OC)cc1. The van der Waals surface area contributed by atoms with Crippen molar-refractivity contribution in [2.45, 2.75) is 36.6 Å². The third-order valence-corrected chi connectivity index (χ3v) is 8.49. The molecule has 37 heavy (non-hydrogen) atoms. The zero-order valence-electron chi connectivity index (χ0n) is 20.7. The number of benzene rings is 3. The van der Waals surface area contributed by atoms with Crippen LogP contribution in [0.25, 0.3) is 0 Å². The topological polar surface area (TPSA) is 105 Å². The van der Waals surface area contributed by atoms with E-state index < -0.39 is 21.6 Å². The molecule has 8 nitrogen and oxygen atoms in total. The highest BCUT2D eigenvalue weighted by Gasteiger charge is 2.63. The minimum atomic E-state index is -4.28. The molecule has 1 saturated carbocycles. The summed E-state index contributed by atoms with van der Waals surface area (Å²) < 4.78 is 33.1. The lowest BCUT2D eigenvalue weighted by atomic mass is 10.0. The van der Waals surface area contributed by atoms with Crippen LogP contribution in [-0.4, -0.2) is 39.5 Å². The Labute approximate surface area is 221 Å². The fraction of sp³-hybridized carbons (Fsp3) is 0.259. The predicted molar refractivity (Wildman–Crippen MR) is 143 cm³/mol. The Balaban J connectivity index is 1.63. The van der Waals surface area contributed by atoms with Crippen molar-refractivity contribution >= 4 is 39.2 Å². The number of amides is 3. The summed E-state index contributed by atoms with van der Waals surface area (Å²) in [6, 6.07) is 19.9. The lowest BCUT2D eigenvalue weighted by Crippen LogP contribution is -2.55. The number of hydrogen-bond donors (Lipinski definition) is 2. The van der Waals surface area contributed by atoms with Crippen LogP contribution in [0.1, 0.15) is 30.4 Å². The zero-order valence-corrected chi connectivity index (χ0v) is 22.3. The molecule has 10 heteroatoms. The Hall–Kier alpha value is -3.56. The molecule has 3 aromatic carbocycles. The van der Waals surface area contributed by atoms with Crippen molar-refractivity contribution in [2.75, 3.05) is 18.6 Å². The minimum absolute atomic E-state index is 0.0267. The summed E-state index contributed by atoms with van der Waals surface area (Å²) in [7, 11) is -2.73. The van der Waals surface area contributed by atoms with Gasteiger partial charge in [0.15, 0.2) is 0 Å². The molecule has 3 aromatic rings. The third-order valence-electron chi connectivity index (χ3n) is 6.50. The lowest BCUT2D eigenvalue weighted by molar-refractivity contribution is -0.121. The van der Waals surface area contributed by atoms with E-state index in [1.807, 2.05) is 42.0 Å². The number of nitrogens with zero attached hydrogens (tertiary/aromatic N) is 1. The molecule has 0 heterocycles. The molecule has 1 aliphatic rings. The Kier molecular flexibility index (Phi) is 7.47. The fourth-order valence-electron chi connectivity index (χ4n) is 4.46. The number of methoxy groups -OCH3 is 1. The summed E-state index contributed by atoms with van der Waals surface area (Å²) in [5.74, 6) is -0.0206. The molecule has 4 rings (SSSR count). The predicted octanol–water partition coefficient (Wildman–Crippen LogP) is 4.62. The van der Waals surface area contributed by atoms with E-state index in [0.29, 0.717) is 30.0 Å². The van der Waals surface area contributed by atoms with Gasteiger partial charge < -0.3 is 15.0 Å².